The second kappa shape index (κ2) is 13.1. The first-order valence-corrected chi connectivity index (χ1v) is 13.1. The van der Waals surface area contributed by atoms with Crippen molar-refractivity contribution >= 4 is 58.2 Å². The molecule has 1 saturated heterocycles. The zero-order valence-corrected chi connectivity index (χ0v) is 22.6. The van der Waals surface area contributed by atoms with Crippen molar-refractivity contribution in [2.75, 3.05) is 28.2 Å². The van der Waals surface area contributed by atoms with Crippen LogP contribution in [0.2, 0.25) is 10.0 Å². The van der Waals surface area contributed by atoms with Gasteiger partial charge < -0.3 is 10.2 Å². The van der Waals surface area contributed by atoms with Crippen LogP contribution >= 0.6 is 23.2 Å². The van der Waals surface area contributed by atoms with Crippen molar-refractivity contribution in [3.63, 3.8) is 0 Å². The van der Waals surface area contributed by atoms with E-state index < -0.39 is 5.91 Å². The molecule has 1 aliphatic rings. The number of carbonyl (C=O) groups excluding carboxylic acids is 2. The highest BCUT2D eigenvalue weighted by molar-refractivity contribution is 6.35. The van der Waals surface area contributed by atoms with Crippen LogP contribution in [0.15, 0.2) is 77.1 Å². The molecule has 1 heterocycles. The number of nitrogens with two attached hydrogens (primary N) is 2. The molecule has 1 aliphatic heterocycles. The predicted octanol–water partition coefficient (Wildman–Crippen LogP) is 4.39. The third kappa shape index (κ3) is 7.68. The van der Waals surface area contributed by atoms with Crippen LogP contribution in [-0.4, -0.2) is 31.0 Å². The molecular formula is C27H29Cl2N8O2+. The lowest BCUT2D eigenvalue weighted by molar-refractivity contribution is -0.119. The van der Waals surface area contributed by atoms with Gasteiger partial charge in [-0.1, -0.05) is 35.3 Å². The van der Waals surface area contributed by atoms with E-state index in [1.165, 1.54) is 19.3 Å². The Kier molecular flexibility index (Phi) is 9.35. The van der Waals surface area contributed by atoms with E-state index in [0.29, 0.717) is 27.0 Å². The van der Waals surface area contributed by atoms with E-state index in [1.54, 1.807) is 47.4 Å². The third-order valence-electron chi connectivity index (χ3n) is 6.21. The molecule has 0 aliphatic carbocycles. The molecule has 12 heteroatoms. The van der Waals surface area contributed by atoms with E-state index in [1.807, 2.05) is 24.3 Å². The maximum Gasteiger partial charge on any atom is 0.414 e. The molecule has 0 aromatic heterocycles. The van der Waals surface area contributed by atoms with Crippen LogP contribution in [0.5, 0.6) is 0 Å². The largest absolute Gasteiger partial charge is 0.414 e. The summed E-state index contributed by atoms with van der Waals surface area (Å²) in [6.07, 6.45) is 3.60. The first-order valence-electron chi connectivity index (χ1n) is 12.4. The summed E-state index contributed by atoms with van der Waals surface area (Å²) in [6.45, 7) is 2.29. The number of rotatable bonds is 6. The van der Waals surface area contributed by atoms with Crippen molar-refractivity contribution in [2.45, 2.75) is 25.8 Å². The summed E-state index contributed by atoms with van der Waals surface area (Å²) in [7, 11) is 0. The van der Waals surface area contributed by atoms with Gasteiger partial charge in [-0.25, -0.2) is 10.1 Å². The standard InChI is InChI=1S/C27H28Cl2N8O2/c28-20-14-21(29)16-22(15-20)32-27(39)37(24-10-8-23(9-11-24)36-12-2-1-3-13-36)17-18-4-6-19(7-5-18)25(38)33-26(30)34-35-31/h4-11,14-16H,1-3,12-13,17H2,(H,32,39)(H4,30,31,33,34,38)/p+1. The topological polar surface area (TPSA) is 141 Å². The molecule has 0 unspecified atom stereocenters. The molecule has 1 fully saturated rings. The zero-order chi connectivity index (χ0) is 27.8. The van der Waals surface area contributed by atoms with Crippen LogP contribution < -0.4 is 31.7 Å². The number of nitrogens with one attached hydrogen (secondary N) is 2. The van der Waals surface area contributed by atoms with Gasteiger partial charge in [0.05, 0.1) is 17.2 Å². The summed E-state index contributed by atoms with van der Waals surface area (Å²) in [5.41, 5.74) is 3.45. The van der Waals surface area contributed by atoms with Gasteiger partial charge in [-0.05, 0) is 79.4 Å². The monoisotopic (exact) mass is 567 g/mol. The Morgan fingerprint density at radius 1 is 0.949 bits per heavy atom. The molecule has 0 atom stereocenters. The van der Waals surface area contributed by atoms with Gasteiger partial charge in [0.25, 0.3) is 0 Å². The molecule has 0 radical (unpaired) electrons. The van der Waals surface area contributed by atoms with Crippen molar-refractivity contribution in [3.05, 3.63) is 87.9 Å². The Balaban J connectivity index is 1.55. The molecule has 3 aromatic rings. The van der Waals surface area contributed by atoms with Crippen molar-refractivity contribution in [2.24, 2.45) is 16.2 Å². The van der Waals surface area contributed by atoms with E-state index in [-0.39, 0.29) is 18.5 Å². The van der Waals surface area contributed by atoms with Crippen LogP contribution in [-0.2, 0) is 6.54 Å². The number of nitrogens with zero attached hydrogens (tertiary/aromatic N) is 4. The first kappa shape index (κ1) is 27.9. The van der Waals surface area contributed by atoms with Crippen LogP contribution in [0, 0.1) is 0 Å². The van der Waals surface area contributed by atoms with Crippen LogP contribution in [0.25, 0.3) is 0 Å². The van der Waals surface area contributed by atoms with Crippen molar-refractivity contribution in [1.82, 2.24) is 5.32 Å². The molecule has 0 saturated carbocycles. The summed E-state index contributed by atoms with van der Waals surface area (Å²) >= 11 is 12.3. The minimum Gasteiger partial charge on any atom is -0.372 e. The maximum absolute atomic E-state index is 13.5. The average Bonchev–Trinajstić information content (AvgIpc) is 2.92. The number of urea groups is 1. The van der Waals surface area contributed by atoms with Gasteiger partial charge in [-0.15, -0.1) is 0 Å². The summed E-state index contributed by atoms with van der Waals surface area (Å²) < 4.78 is 0. The fourth-order valence-corrected chi connectivity index (χ4v) is 4.84. The van der Waals surface area contributed by atoms with Gasteiger partial charge in [0.15, 0.2) is 0 Å². The number of carbonyl (C=O) groups is 2. The number of benzene rings is 3. The second-order valence-corrected chi connectivity index (χ2v) is 9.86. The van der Waals surface area contributed by atoms with Crippen molar-refractivity contribution in [3.8, 4) is 0 Å². The minimum atomic E-state index is -0.466. The number of halogens is 2. The van der Waals surface area contributed by atoms with Gasteiger partial charge in [0.1, 0.15) is 0 Å². The Morgan fingerprint density at radius 2 is 1.59 bits per heavy atom. The highest BCUT2D eigenvalue weighted by Gasteiger charge is 2.20. The highest BCUT2D eigenvalue weighted by atomic mass is 35.5. The molecule has 0 spiro atoms. The van der Waals surface area contributed by atoms with E-state index >= 15 is 0 Å². The first-order chi connectivity index (χ1) is 18.8. The Labute approximate surface area is 236 Å². The number of guanidine groups is 1. The smallest absolute Gasteiger partial charge is 0.372 e. The van der Waals surface area contributed by atoms with E-state index in [9.17, 15) is 9.59 Å². The number of hydrogen-bond acceptors (Lipinski definition) is 4. The predicted molar refractivity (Wildman–Crippen MR) is 154 cm³/mol. The fraction of sp³-hybridized carbons (Fsp3) is 0.222. The number of amides is 3. The summed E-state index contributed by atoms with van der Waals surface area (Å²) in [4.78, 5) is 29.8. The van der Waals surface area contributed by atoms with E-state index in [2.05, 4.69) is 25.9 Å². The Morgan fingerprint density at radius 3 is 2.21 bits per heavy atom. The number of piperidine rings is 1. The molecule has 0 bridgehead atoms. The Bertz CT molecular complexity index is 1340. The van der Waals surface area contributed by atoms with Crippen LogP contribution in [0.1, 0.15) is 35.2 Å². The Hall–Kier alpha value is -4.15. The second-order valence-electron chi connectivity index (χ2n) is 8.99. The highest BCUT2D eigenvalue weighted by Crippen LogP contribution is 2.27. The quantitative estimate of drug-likeness (QED) is 0.115. The molecule has 202 valence electrons. The fourth-order valence-electron chi connectivity index (χ4n) is 4.31. The van der Waals surface area contributed by atoms with E-state index in [4.69, 9.17) is 34.5 Å². The molecular weight excluding hydrogens is 539 g/mol. The maximum atomic E-state index is 13.5. The van der Waals surface area contributed by atoms with Gasteiger partial charge in [-0.2, -0.15) is 0 Å². The molecule has 10 nitrogen and oxygen atoms in total. The summed E-state index contributed by atoms with van der Waals surface area (Å²) in [6, 6.07) is 19.2. The lowest BCUT2D eigenvalue weighted by Gasteiger charge is -2.29. The third-order valence-corrected chi connectivity index (χ3v) is 6.64. The van der Waals surface area contributed by atoms with Gasteiger partial charge in [-0.3, -0.25) is 20.9 Å². The van der Waals surface area contributed by atoms with Crippen LogP contribution in [0.4, 0.5) is 21.9 Å². The van der Waals surface area contributed by atoms with Crippen molar-refractivity contribution < 1.29 is 15.0 Å². The van der Waals surface area contributed by atoms with Crippen molar-refractivity contribution in [1.29, 1.82) is 0 Å². The summed E-state index contributed by atoms with van der Waals surface area (Å²) in [5.74, 6) is 4.26. The molecule has 4 rings (SSSR count). The lowest BCUT2D eigenvalue weighted by atomic mass is 10.1. The van der Waals surface area contributed by atoms with E-state index in [0.717, 1.165) is 24.3 Å². The average molecular weight is 568 g/mol. The molecule has 39 heavy (non-hydrogen) atoms. The van der Waals surface area contributed by atoms with Gasteiger partial charge >= 0.3 is 17.9 Å². The molecule has 3 amide bonds. The molecule has 6 N–H and O–H groups in total. The lowest BCUT2D eigenvalue weighted by Crippen LogP contribution is -2.49. The van der Waals surface area contributed by atoms with Gasteiger partial charge in [0, 0.05) is 45.4 Å². The van der Waals surface area contributed by atoms with Crippen LogP contribution in [0.3, 0.4) is 0 Å². The normalized spacial score (nSPS) is 13.2. The molecule has 3 aromatic carbocycles. The number of anilines is 3. The van der Waals surface area contributed by atoms with Gasteiger partial charge in [0.2, 0.25) is 0 Å². The summed E-state index contributed by atoms with van der Waals surface area (Å²) in [5, 5.41) is 18.0. The SMILES string of the molecule is NN=NC(=[NH2+])NC(=O)c1ccc(CN(C(=O)Nc2cc(Cl)cc(Cl)c2)c2ccc(N3CCCCC3)cc2)cc1. The number of hydrogen-bond donors (Lipinski definition) is 4. The zero-order valence-electron chi connectivity index (χ0n) is 21.1. The minimum absolute atomic E-state index is 0.219.